The van der Waals surface area contributed by atoms with E-state index in [1.54, 1.807) is 11.0 Å². The van der Waals surface area contributed by atoms with E-state index in [0.717, 1.165) is 10.0 Å². The molecule has 0 saturated carbocycles. The van der Waals surface area contributed by atoms with Gasteiger partial charge in [0.25, 0.3) is 5.56 Å². The first kappa shape index (κ1) is 21.6. The number of aromatic nitrogens is 3. The van der Waals surface area contributed by atoms with Crippen molar-refractivity contribution in [2.75, 3.05) is 36.8 Å². The zero-order valence-corrected chi connectivity index (χ0v) is 19.9. The Morgan fingerprint density at radius 3 is 2.61 bits per heavy atom. The molecule has 2 N–H and O–H groups in total. The highest BCUT2D eigenvalue weighted by atomic mass is 79.9. The van der Waals surface area contributed by atoms with E-state index in [2.05, 4.69) is 26.0 Å². The number of hydrogen-bond acceptors (Lipinski definition) is 8. The van der Waals surface area contributed by atoms with Crippen LogP contribution in [-0.4, -0.2) is 57.4 Å². The Hall–Kier alpha value is -2.66. The molecule has 3 heterocycles. The summed E-state index contributed by atoms with van der Waals surface area (Å²) < 4.78 is 7.48. The van der Waals surface area contributed by atoms with Gasteiger partial charge in [0.15, 0.2) is 0 Å². The van der Waals surface area contributed by atoms with Gasteiger partial charge in [-0.05, 0) is 42.8 Å². The number of ether oxygens (including phenoxy) is 1. The van der Waals surface area contributed by atoms with Crippen molar-refractivity contribution >= 4 is 49.8 Å². The minimum Gasteiger partial charge on any atom is -0.444 e. The van der Waals surface area contributed by atoms with Crippen LogP contribution in [0.4, 0.5) is 16.3 Å². The van der Waals surface area contributed by atoms with Crippen molar-refractivity contribution in [3.8, 4) is 10.6 Å². The molecule has 0 bridgehead atoms. The molecule has 0 aliphatic carbocycles. The fourth-order valence-electron chi connectivity index (χ4n) is 3.23. The molecule has 0 spiro atoms. The third kappa shape index (κ3) is 4.52. The fraction of sp³-hybridized carbons (Fsp3) is 0.400. The summed E-state index contributed by atoms with van der Waals surface area (Å²) in [6.07, 6.45) is -0.324. The molecule has 1 aliphatic heterocycles. The van der Waals surface area contributed by atoms with E-state index in [1.165, 1.54) is 21.9 Å². The van der Waals surface area contributed by atoms with Gasteiger partial charge < -0.3 is 20.3 Å². The van der Waals surface area contributed by atoms with Crippen LogP contribution in [0.15, 0.2) is 33.5 Å². The molecule has 3 aromatic rings. The molecule has 1 amide bonds. The van der Waals surface area contributed by atoms with Gasteiger partial charge in [0.2, 0.25) is 4.96 Å². The van der Waals surface area contributed by atoms with Crippen LogP contribution in [0.3, 0.4) is 0 Å². The number of fused-ring (bicyclic) bond motifs is 1. The molecule has 11 heteroatoms. The number of nitrogens with two attached hydrogens (primary N) is 1. The van der Waals surface area contributed by atoms with Gasteiger partial charge in [-0.25, -0.2) is 9.78 Å². The average molecular weight is 507 g/mol. The molecule has 164 valence electrons. The summed E-state index contributed by atoms with van der Waals surface area (Å²) in [7, 11) is 0. The average Bonchev–Trinajstić information content (AvgIpc) is 3.13. The molecule has 1 fully saturated rings. The zero-order valence-electron chi connectivity index (χ0n) is 17.5. The van der Waals surface area contributed by atoms with Crippen molar-refractivity contribution < 1.29 is 9.53 Å². The van der Waals surface area contributed by atoms with Crippen molar-refractivity contribution in [1.82, 2.24) is 19.5 Å². The SMILES string of the molecule is CC(C)(C)OC(=O)N1CCN(c2cc(=O)n3nc(-c4cccc(N)c4Br)sc3n2)CC1. The number of nitrogens with zero attached hydrogens (tertiary/aromatic N) is 5. The molecular formula is C20H23BrN6O3S. The van der Waals surface area contributed by atoms with Crippen LogP contribution in [0, 0.1) is 0 Å². The lowest BCUT2D eigenvalue weighted by Gasteiger charge is -2.36. The minimum absolute atomic E-state index is 0.253. The number of benzene rings is 1. The summed E-state index contributed by atoms with van der Waals surface area (Å²) >= 11 is 4.81. The van der Waals surface area contributed by atoms with Crippen molar-refractivity contribution in [2.24, 2.45) is 0 Å². The van der Waals surface area contributed by atoms with Gasteiger partial charge in [0.1, 0.15) is 16.4 Å². The maximum Gasteiger partial charge on any atom is 0.410 e. The number of anilines is 2. The van der Waals surface area contributed by atoms with Gasteiger partial charge >= 0.3 is 6.09 Å². The first-order valence-electron chi connectivity index (χ1n) is 9.80. The van der Waals surface area contributed by atoms with Gasteiger partial charge in [0.05, 0.1) is 4.47 Å². The van der Waals surface area contributed by atoms with E-state index in [4.69, 9.17) is 10.5 Å². The van der Waals surface area contributed by atoms with Gasteiger partial charge in [0, 0.05) is 43.5 Å². The van der Waals surface area contributed by atoms with Crippen LogP contribution >= 0.6 is 27.3 Å². The lowest BCUT2D eigenvalue weighted by Crippen LogP contribution is -2.50. The molecule has 1 aliphatic rings. The van der Waals surface area contributed by atoms with E-state index in [1.807, 2.05) is 37.8 Å². The predicted octanol–water partition coefficient (Wildman–Crippen LogP) is 3.22. The number of piperazine rings is 1. The molecule has 4 rings (SSSR count). The van der Waals surface area contributed by atoms with Crippen LogP contribution in [0.5, 0.6) is 0 Å². The zero-order chi connectivity index (χ0) is 22.3. The fourth-order valence-corrected chi connectivity index (χ4v) is 4.74. The van der Waals surface area contributed by atoms with Gasteiger partial charge in [-0.15, -0.1) is 0 Å². The molecule has 1 saturated heterocycles. The first-order chi connectivity index (χ1) is 14.6. The maximum atomic E-state index is 12.7. The highest BCUT2D eigenvalue weighted by Crippen LogP contribution is 2.34. The molecule has 9 nitrogen and oxygen atoms in total. The molecule has 0 atom stereocenters. The quantitative estimate of drug-likeness (QED) is 0.531. The third-order valence-electron chi connectivity index (χ3n) is 4.75. The van der Waals surface area contributed by atoms with Crippen LogP contribution in [-0.2, 0) is 4.74 Å². The second kappa shape index (κ2) is 8.12. The molecule has 2 aromatic heterocycles. The first-order valence-corrected chi connectivity index (χ1v) is 11.4. The third-order valence-corrected chi connectivity index (χ3v) is 6.57. The number of nitrogen functional groups attached to an aromatic ring is 1. The molecular weight excluding hydrogens is 484 g/mol. The summed E-state index contributed by atoms with van der Waals surface area (Å²) in [5.74, 6) is 0.579. The van der Waals surface area contributed by atoms with Crippen molar-refractivity contribution in [2.45, 2.75) is 26.4 Å². The van der Waals surface area contributed by atoms with Crippen LogP contribution in [0.25, 0.3) is 15.5 Å². The Labute approximate surface area is 191 Å². The largest absolute Gasteiger partial charge is 0.444 e. The number of hydrogen-bond donors (Lipinski definition) is 1. The van der Waals surface area contributed by atoms with Gasteiger partial charge in [-0.2, -0.15) is 9.61 Å². The van der Waals surface area contributed by atoms with Crippen molar-refractivity contribution in [1.29, 1.82) is 0 Å². The lowest BCUT2D eigenvalue weighted by molar-refractivity contribution is 0.0240. The molecule has 31 heavy (non-hydrogen) atoms. The standard InChI is InChI=1S/C20H23BrN6O3S/c1-20(2,3)30-19(29)26-9-7-25(8-10-26)14-11-15(28)27-18(23-14)31-17(24-27)12-5-4-6-13(22)16(12)21/h4-6,11H,7-10,22H2,1-3H3. The molecule has 0 unspecified atom stereocenters. The number of carbonyl (C=O) groups excluding carboxylic acids is 1. The Morgan fingerprint density at radius 2 is 1.94 bits per heavy atom. The Balaban J connectivity index is 1.56. The van der Waals surface area contributed by atoms with E-state index in [0.29, 0.717) is 47.7 Å². The predicted molar refractivity (Wildman–Crippen MR) is 125 cm³/mol. The monoisotopic (exact) mass is 506 g/mol. The molecule has 0 radical (unpaired) electrons. The summed E-state index contributed by atoms with van der Waals surface area (Å²) in [4.78, 5) is 33.8. The van der Waals surface area contributed by atoms with Gasteiger partial charge in [-0.1, -0.05) is 23.5 Å². The van der Waals surface area contributed by atoms with E-state index in [-0.39, 0.29) is 11.7 Å². The Bertz CT molecular complexity index is 1190. The lowest BCUT2D eigenvalue weighted by atomic mass is 10.2. The highest BCUT2D eigenvalue weighted by Gasteiger charge is 2.27. The maximum absolute atomic E-state index is 12.7. The summed E-state index contributed by atoms with van der Waals surface area (Å²) in [6.45, 7) is 7.67. The Morgan fingerprint density at radius 1 is 1.23 bits per heavy atom. The number of amides is 1. The normalized spacial score (nSPS) is 14.8. The van der Waals surface area contributed by atoms with Crippen LogP contribution in [0.2, 0.25) is 0 Å². The van der Waals surface area contributed by atoms with E-state index >= 15 is 0 Å². The Kier molecular flexibility index (Phi) is 5.65. The van der Waals surface area contributed by atoms with E-state index < -0.39 is 5.60 Å². The van der Waals surface area contributed by atoms with Crippen LogP contribution in [0.1, 0.15) is 20.8 Å². The number of carbonyl (C=O) groups is 1. The van der Waals surface area contributed by atoms with Crippen molar-refractivity contribution in [3.05, 3.63) is 39.1 Å². The minimum atomic E-state index is -0.530. The second-order valence-corrected chi connectivity index (χ2v) is 9.97. The number of rotatable bonds is 2. The summed E-state index contributed by atoms with van der Waals surface area (Å²) in [5.41, 5.74) is 6.60. The smallest absolute Gasteiger partial charge is 0.410 e. The topological polar surface area (TPSA) is 106 Å². The van der Waals surface area contributed by atoms with Gasteiger partial charge in [-0.3, -0.25) is 4.79 Å². The summed E-state index contributed by atoms with van der Waals surface area (Å²) in [6, 6.07) is 7.00. The van der Waals surface area contributed by atoms with Crippen molar-refractivity contribution in [3.63, 3.8) is 0 Å². The second-order valence-electron chi connectivity index (χ2n) is 8.22. The number of halogens is 1. The molecule has 1 aromatic carbocycles. The van der Waals surface area contributed by atoms with Crippen LogP contribution < -0.4 is 16.2 Å². The van der Waals surface area contributed by atoms with E-state index in [9.17, 15) is 9.59 Å². The highest BCUT2D eigenvalue weighted by molar-refractivity contribution is 9.10. The summed E-state index contributed by atoms with van der Waals surface area (Å²) in [5, 5.41) is 5.08.